The fourth-order valence-corrected chi connectivity index (χ4v) is 2.98. The van der Waals surface area contributed by atoms with E-state index in [4.69, 9.17) is 9.47 Å². The predicted octanol–water partition coefficient (Wildman–Crippen LogP) is 4.30. The van der Waals surface area contributed by atoms with E-state index in [0.29, 0.717) is 17.4 Å². The van der Waals surface area contributed by atoms with E-state index in [-0.39, 0.29) is 5.97 Å². The molecule has 1 aliphatic heterocycles. The number of carbonyl (C=O) groups is 1. The van der Waals surface area contributed by atoms with Gasteiger partial charge < -0.3 is 14.8 Å². The zero-order chi connectivity index (χ0) is 18.6. The molecule has 1 aromatic heterocycles. The van der Waals surface area contributed by atoms with E-state index < -0.39 is 5.60 Å². The molecule has 0 aliphatic carbocycles. The van der Waals surface area contributed by atoms with Gasteiger partial charge in [-0.05, 0) is 76.4 Å². The van der Waals surface area contributed by atoms with Crippen LogP contribution >= 0.6 is 0 Å². The molecule has 1 N–H and O–H groups in total. The number of hydrogen-bond donors (Lipinski definition) is 1. The molecule has 0 atom stereocenters. The van der Waals surface area contributed by atoms with Crippen LogP contribution in [0.15, 0.2) is 42.6 Å². The number of ether oxygens (including phenoxy) is 2. The first-order chi connectivity index (χ1) is 12.4. The molecular weight excluding hydrogens is 328 g/mol. The minimum absolute atomic E-state index is 0.386. The first-order valence-corrected chi connectivity index (χ1v) is 9.09. The molecule has 26 heavy (non-hydrogen) atoms. The summed E-state index contributed by atoms with van der Waals surface area (Å²) in [4.78, 5) is 16.2. The van der Waals surface area contributed by atoms with Crippen LogP contribution in [0.5, 0.6) is 11.6 Å². The van der Waals surface area contributed by atoms with Crippen molar-refractivity contribution >= 4 is 5.97 Å². The number of hydrogen-bond acceptors (Lipinski definition) is 5. The van der Waals surface area contributed by atoms with Crippen LogP contribution < -0.4 is 10.1 Å². The summed E-state index contributed by atoms with van der Waals surface area (Å²) >= 11 is 0. The van der Waals surface area contributed by atoms with Gasteiger partial charge in [-0.25, -0.2) is 9.78 Å². The number of nitrogens with one attached hydrogen (secondary N) is 1. The van der Waals surface area contributed by atoms with Gasteiger partial charge in [0.1, 0.15) is 11.4 Å². The van der Waals surface area contributed by atoms with Crippen molar-refractivity contribution in [2.24, 2.45) is 0 Å². The second-order valence-corrected chi connectivity index (χ2v) is 7.58. The topological polar surface area (TPSA) is 60.5 Å². The zero-order valence-electron chi connectivity index (χ0n) is 15.6. The second kappa shape index (κ2) is 7.87. The Bertz CT molecular complexity index is 727. The van der Waals surface area contributed by atoms with Gasteiger partial charge in [0, 0.05) is 12.3 Å². The first-order valence-electron chi connectivity index (χ1n) is 9.09. The van der Waals surface area contributed by atoms with E-state index in [0.717, 1.165) is 18.8 Å². The fourth-order valence-electron chi connectivity index (χ4n) is 2.98. The molecule has 2 aromatic rings. The molecule has 5 heteroatoms. The molecule has 1 saturated heterocycles. The standard InChI is InChI=1S/C21H26N2O3/c1-21(2,3)26-20(24)17-6-9-19(23-14-17)25-18-7-4-15(5-8-18)16-10-12-22-13-11-16/h4-9,14,16,22H,10-13H2,1-3H3. The number of benzene rings is 1. The SMILES string of the molecule is CC(C)(C)OC(=O)c1ccc(Oc2ccc(C3CCNCC3)cc2)nc1. The summed E-state index contributed by atoms with van der Waals surface area (Å²) in [5.74, 6) is 1.42. The Kier molecular flexibility index (Phi) is 5.57. The number of pyridine rings is 1. The lowest BCUT2D eigenvalue weighted by Gasteiger charge is -2.23. The average Bonchev–Trinajstić information content (AvgIpc) is 2.62. The molecule has 1 fully saturated rings. The maximum atomic E-state index is 12.0. The maximum absolute atomic E-state index is 12.0. The summed E-state index contributed by atoms with van der Waals surface area (Å²) in [7, 11) is 0. The Morgan fingerprint density at radius 3 is 2.35 bits per heavy atom. The number of aromatic nitrogens is 1. The highest BCUT2D eigenvalue weighted by Gasteiger charge is 2.18. The van der Waals surface area contributed by atoms with Crippen LogP contribution in [0, 0.1) is 0 Å². The molecule has 5 nitrogen and oxygen atoms in total. The molecule has 0 unspecified atom stereocenters. The normalized spacial score (nSPS) is 15.5. The van der Waals surface area contributed by atoms with Gasteiger partial charge in [0.25, 0.3) is 0 Å². The van der Waals surface area contributed by atoms with Crippen LogP contribution in [0.25, 0.3) is 0 Å². The van der Waals surface area contributed by atoms with Crippen LogP contribution in [0.1, 0.15) is 55.5 Å². The summed E-state index contributed by atoms with van der Waals surface area (Å²) in [5, 5.41) is 3.39. The third kappa shape index (κ3) is 5.05. The molecule has 0 bridgehead atoms. The Labute approximate surface area is 154 Å². The summed E-state index contributed by atoms with van der Waals surface area (Å²) in [6, 6.07) is 11.5. The van der Waals surface area contributed by atoms with E-state index >= 15 is 0 Å². The Morgan fingerprint density at radius 1 is 1.08 bits per heavy atom. The first kappa shape index (κ1) is 18.4. The van der Waals surface area contributed by atoms with Crippen LogP contribution in [-0.2, 0) is 4.74 Å². The number of rotatable bonds is 4. The third-order valence-electron chi connectivity index (χ3n) is 4.28. The molecule has 1 aliphatic rings. The molecule has 138 valence electrons. The fraction of sp³-hybridized carbons (Fsp3) is 0.429. The number of nitrogens with zero attached hydrogens (tertiary/aromatic N) is 1. The predicted molar refractivity (Wildman–Crippen MR) is 101 cm³/mol. The highest BCUT2D eigenvalue weighted by molar-refractivity contribution is 5.89. The van der Waals surface area contributed by atoms with Crippen LogP contribution in [0.2, 0.25) is 0 Å². The van der Waals surface area contributed by atoms with Gasteiger partial charge in [0.05, 0.1) is 5.56 Å². The molecule has 0 radical (unpaired) electrons. The van der Waals surface area contributed by atoms with Gasteiger partial charge in [-0.2, -0.15) is 0 Å². The minimum atomic E-state index is -0.525. The molecule has 3 rings (SSSR count). The van der Waals surface area contributed by atoms with Crippen LogP contribution in [-0.4, -0.2) is 29.6 Å². The number of carbonyl (C=O) groups excluding carboxylic acids is 1. The summed E-state index contributed by atoms with van der Waals surface area (Å²) in [6.07, 6.45) is 3.83. The average molecular weight is 354 g/mol. The van der Waals surface area contributed by atoms with Crippen molar-refractivity contribution in [2.45, 2.75) is 45.1 Å². The smallest absolute Gasteiger partial charge is 0.340 e. The highest BCUT2D eigenvalue weighted by Crippen LogP contribution is 2.28. The highest BCUT2D eigenvalue weighted by atomic mass is 16.6. The zero-order valence-corrected chi connectivity index (χ0v) is 15.6. The summed E-state index contributed by atoms with van der Waals surface area (Å²) in [5.41, 5.74) is 1.24. The Morgan fingerprint density at radius 2 is 1.77 bits per heavy atom. The van der Waals surface area contributed by atoms with E-state index in [9.17, 15) is 4.79 Å². The van der Waals surface area contributed by atoms with Crippen molar-refractivity contribution in [3.63, 3.8) is 0 Å². The van der Waals surface area contributed by atoms with E-state index in [1.807, 2.05) is 32.9 Å². The molecular formula is C21H26N2O3. The van der Waals surface area contributed by atoms with Gasteiger partial charge in [0.15, 0.2) is 0 Å². The molecule has 1 aromatic carbocycles. The quantitative estimate of drug-likeness (QED) is 0.830. The second-order valence-electron chi connectivity index (χ2n) is 7.58. The van der Waals surface area contributed by atoms with Crippen molar-refractivity contribution in [2.75, 3.05) is 13.1 Å². The lowest BCUT2D eigenvalue weighted by Crippen LogP contribution is -2.26. The maximum Gasteiger partial charge on any atom is 0.340 e. The lowest BCUT2D eigenvalue weighted by molar-refractivity contribution is 0.00690. The van der Waals surface area contributed by atoms with Crippen molar-refractivity contribution in [1.82, 2.24) is 10.3 Å². The lowest BCUT2D eigenvalue weighted by atomic mass is 9.90. The van der Waals surface area contributed by atoms with Gasteiger partial charge in [-0.1, -0.05) is 12.1 Å². The molecule has 0 amide bonds. The van der Waals surface area contributed by atoms with E-state index in [1.54, 1.807) is 12.1 Å². The van der Waals surface area contributed by atoms with Gasteiger partial charge in [0.2, 0.25) is 5.88 Å². The summed E-state index contributed by atoms with van der Waals surface area (Å²) in [6.45, 7) is 7.67. The minimum Gasteiger partial charge on any atom is -0.456 e. The van der Waals surface area contributed by atoms with Gasteiger partial charge in [-0.3, -0.25) is 0 Å². The largest absolute Gasteiger partial charge is 0.456 e. The van der Waals surface area contributed by atoms with Crippen molar-refractivity contribution in [3.8, 4) is 11.6 Å². The van der Waals surface area contributed by atoms with Crippen LogP contribution in [0.4, 0.5) is 0 Å². The van der Waals surface area contributed by atoms with Crippen LogP contribution in [0.3, 0.4) is 0 Å². The van der Waals surface area contributed by atoms with Crippen molar-refractivity contribution in [3.05, 3.63) is 53.7 Å². The van der Waals surface area contributed by atoms with E-state index in [1.165, 1.54) is 24.6 Å². The molecule has 2 heterocycles. The number of piperidine rings is 1. The Hall–Kier alpha value is -2.40. The molecule has 0 spiro atoms. The third-order valence-corrected chi connectivity index (χ3v) is 4.28. The molecule has 0 saturated carbocycles. The van der Waals surface area contributed by atoms with E-state index in [2.05, 4.69) is 22.4 Å². The Balaban J connectivity index is 1.61. The van der Waals surface area contributed by atoms with Gasteiger partial charge >= 0.3 is 5.97 Å². The van der Waals surface area contributed by atoms with Crippen molar-refractivity contribution in [1.29, 1.82) is 0 Å². The summed E-state index contributed by atoms with van der Waals surface area (Å²) < 4.78 is 11.1. The van der Waals surface area contributed by atoms with Crippen molar-refractivity contribution < 1.29 is 14.3 Å². The monoisotopic (exact) mass is 354 g/mol. The number of esters is 1. The van der Waals surface area contributed by atoms with Gasteiger partial charge in [-0.15, -0.1) is 0 Å².